The molecule has 0 radical (unpaired) electrons. The van der Waals surface area contributed by atoms with Crippen LogP contribution in [-0.4, -0.2) is 36.0 Å². The average molecular weight is 335 g/mol. The third-order valence-corrected chi connectivity index (χ3v) is 2.89. The lowest BCUT2D eigenvalue weighted by Gasteiger charge is -2.23. The Morgan fingerprint density at radius 2 is 1.89 bits per heavy atom. The second-order valence-corrected chi connectivity index (χ2v) is 4.88. The highest BCUT2D eigenvalue weighted by Gasteiger charge is 2.33. The molecule has 1 aromatic carbocycles. The molecule has 0 N–H and O–H groups in total. The number of carbonyl (C=O) groups excluding carboxylic acids is 1. The molecule has 8 heteroatoms. The first-order valence-corrected chi connectivity index (χ1v) is 6.40. The minimum absolute atomic E-state index is 0.000697. The average Bonchev–Trinajstić information content (AvgIpc) is 2.26. The number of nitrogens with zero attached hydrogens (tertiary/aromatic N) is 1. The van der Waals surface area contributed by atoms with Gasteiger partial charge in [0.05, 0.1) is 10.6 Å². The summed E-state index contributed by atoms with van der Waals surface area (Å²) in [5.41, 5.74) is -0.0413. The topological polar surface area (TPSA) is 20.3 Å². The molecule has 1 rings (SSSR count). The molecule has 0 aliphatic heterocycles. The molecule has 0 spiro atoms. The summed E-state index contributed by atoms with van der Waals surface area (Å²) in [7, 11) is 0. The largest absolute Gasteiger partial charge is 0.406 e. The Kier molecular flexibility index (Phi) is 5.77. The van der Waals surface area contributed by atoms with Crippen molar-refractivity contribution in [2.45, 2.75) is 6.18 Å². The van der Waals surface area contributed by atoms with Crippen molar-refractivity contribution in [3.63, 3.8) is 0 Å². The fraction of sp³-hybridized carbons (Fsp3) is 0.364. The predicted octanol–water partition coefficient (Wildman–Crippen LogP) is 4.24. The van der Waals surface area contributed by atoms with Crippen LogP contribution in [0.2, 0.25) is 10.0 Å². The van der Waals surface area contributed by atoms with Crippen LogP contribution in [0.1, 0.15) is 10.4 Å². The highest BCUT2D eigenvalue weighted by atomic mass is 35.5. The van der Waals surface area contributed by atoms with E-state index >= 15 is 0 Å². The monoisotopic (exact) mass is 333 g/mol. The first-order valence-electron chi connectivity index (χ1n) is 5.11. The van der Waals surface area contributed by atoms with Gasteiger partial charge in [-0.25, -0.2) is 0 Å². The van der Waals surface area contributed by atoms with Crippen molar-refractivity contribution in [1.29, 1.82) is 0 Å². The van der Waals surface area contributed by atoms with Crippen LogP contribution < -0.4 is 0 Å². The van der Waals surface area contributed by atoms with Crippen LogP contribution in [0.3, 0.4) is 0 Å². The Morgan fingerprint density at radius 3 is 2.37 bits per heavy atom. The van der Waals surface area contributed by atoms with Crippen molar-refractivity contribution in [3.8, 4) is 0 Å². The molecule has 0 fully saturated rings. The summed E-state index contributed by atoms with van der Waals surface area (Å²) in [4.78, 5) is 12.6. The number of amides is 1. The van der Waals surface area contributed by atoms with E-state index in [2.05, 4.69) is 0 Å². The normalized spacial score (nSPS) is 11.5. The lowest BCUT2D eigenvalue weighted by molar-refractivity contribution is -0.140. The van der Waals surface area contributed by atoms with Gasteiger partial charge in [0.1, 0.15) is 6.54 Å². The molecule has 0 saturated heterocycles. The Hall–Kier alpha value is -0.650. The summed E-state index contributed by atoms with van der Waals surface area (Å²) in [6, 6.07) is 3.96. The van der Waals surface area contributed by atoms with E-state index in [1.807, 2.05) is 0 Å². The van der Waals surface area contributed by atoms with Gasteiger partial charge in [-0.1, -0.05) is 23.2 Å². The highest BCUT2D eigenvalue weighted by Crippen LogP contribution is 2.24. The molecule has 106 valence electrons. The Balaban J connectivity index is 2.99. The summed E-state index contributed by atoms with van der Waals surface area (Å²) < 4.78 is 37.1. The van der Waals surface area contributed by atoms with Crippen LogP contribution in [0.25, 0.3) is 0 Å². The zero-order valence-electron chi connectivity index (χ0n) is 9.48. The fourth-order valence-corrected chi connectivity index (χ4v) is 2.10. The van der Waals surface area contributed by atoms with Gasteiger partial charge in [0.15, 0.2) is 0 Å². The third kappa shape index (κ3) is 5.09. The Morgan fingerprint density at radius 1 is 1.26 bits per heavy atom. The first kappa shape index (κ1) is 16.4. The van der Waals surface area contributed by atoms with Gasteiger partial charge in [0, 0.05) is 17.4 Å². The lowest BCUT2D eigenvalue weighted by atomic mass is 10.2. The summed E-state index contributed by atoms with van der Waals surface area (Å²) in [6.45, 7) is -1.60. The fourth-order valence-electron chi connectivity index (χ4n) is 1.40. The minimum Gasteiger partial charge on any atom is -0.328 e. The van der Waals surface area contributed by atoms with Crippen molar-refractivity contribution >= 4 is 40.7 Å². The van der Waals surface area contributed by atoms with Gasteiger partial charge < -0.3 is 4.90 Å². The van der Waals surface area contributed by atoms with Crippen molar-refractivity contribution in [3.05, 3.63) is 33.8 Å². The van der Waals surface area contributed by atoms with Crippen LogP contribution in [0, 0.1) is 0 Å². The van der Waals surface area contributed by atoms with Gasteiger partial charge in [-0.3, -0.25) is 4.79 Å². The standard InChI is InChI=1S/C11H9Cl3F3NO/c12-3-4-18(6-11(15,16)17)10(19)8-2-1-7(13)5-9(8)14/h1-2,5H,3-4,6H2. The number of halogens is 6. The van der Waals surface area contributed by atoms with Gasteiger partial charge in [-0.05, 0) is 18.2 Å². The molecular formula is C11H9Cl3F3NO. The number of alkyl halides is 4. The second-order valence-electron chi connectivity index (χ2n) is 3.66. The van der Waals surface area contributed by atoms with E-state index in [4.69, 9.17) is 34.8 Å². The van der Waals surface area contributed by atoms with E-state index in [0.29, 0.717) is 9.92 Å². The maximum absolute atomic E-state index is 12.4. The van der Waals surface area contributed by atoms with Crippen molar-refractivity contribution in [1.82, 2.24) is 4.90 Å². The third-order valence-electron chi connectivity index (χ3n) is 2.17. The van der Waals surface area contributed by atoms with Crippen LogP contribution in [0.15, 0.2) is 18.2 Å². The summed E-state index contributed by atoms with van der Waals surface area (Å²) in [6.07, 6.45) is -4.50. The van der Waals surface area contributed by atoms with E-state index in [1.165, 1.54) is 18.2 Å². The van der Waals surface area contributed by atoms with Crippen molar-refractivity contribution in [2.75, 3.05) is 19.0 Å². The number of rotatable bonds is 4. The SMILES string of the molecule is O=C(c1ccc(Cl)cc1Cl)N(CCCl)CC(F)(F)F. The molecular weight excluding hydrogens is 325 g/mol. The maximum atomic E-state index is 12.4. The molecule has 1 amide bonds. The summed E-state index contributed by atoms with van der Waals surface area (Å²) in [5.74, 6) is -0.938. The van der Waals surface area contributed by atoms with Gasteiger partial charge in [-0.15, -0.1) is 11.6 Å². The molecule has 0 aromatic heterocycles. The van der Waals surface area contributed by atoms with Gasteiger partial charge in [0.2, 0.25) is 0 Å². The summed E-state index contributed by atoms with van der Waals surface area (Å²) >= 11 is 16.9. The molecule has 0 heterocycles. The molecule has 19 heavy (non-hydrogen) atoms. The minimum atomic E-state index is -4.50. The van der Waals surface area contributed by atoms with Crippen LogP contribution in [-0.2, 0) is 0 Å². The molecule has 0 aliphatic rings. The van der Waals surface area contributed by atoms with Crippen LogP contribution in [0.5, 0.6) is 0 Å². The quantitative estimate of drug-likeness (QED) is 0.754. The van der Waals surface area contributed by atoms with Crippen molar-refractivity contribution in [2.24, 2.45) is 0 Å². The van der Waals surface area contributed by atoms with E-state index in [9.17, 15) is 18.0 Å². The Bertz CT molecular complexity index is 465. The van der Waals surface area contributed by atoms with Crippen LogP contribution in [0.4, 0.5) is 13.2 Å². The van der Waals surface area contributed by atoms with Crippen molar-refractivity contribution < 1.29 is 18.0 Å². The second kappa shape index (κ2) is 6.68. The molecule has 0 unspecified atom stereocenters. The van der Waals surface area contributed by atoms with Gasteiger partial charge in [-0.2, -0.15) is 13.2 Å². The maximum Gasteiger partial charge on any atom is 0.406 e. The van der Waals surface area contributed by atoms with E-state index < -0.39 is 18.6 Å². The zero-order chi connectivity index (χ0) is 14.6. The molecule has 0 bridgehead atoms. The molecule has 0 atom stereocenters. The Labute approximate surface area is 123 Å². The number of hydrogen-bond donors (Lipinski definition) is 0. The predicted molar refractivity (Wildman–Crippen MR) is 69.1 cm³/mol. The number of carbonyl (C=O) groups is 1. The van der Waals surface area contributed by atoms with E-state index in [0.717, 1.165) is 0 Å². The zero-order valence-corrected chi connectivity index (χ0v) is 11.7. The molecule has 1 aromatic rings. The van der Waals surface area contributed by atoms with Crippen LogP contribution >= 0.6 is 34.8 Å². The highest BCUT2D eigenvalue weighted by molar-refractivity contribution is 6.36. The summed E-state index contributed by atoms with van der Waals surface area (Å²) in [5, 5.41) is 0.292. The molecule has 0 saturated carbocycles. The van der Waals surface area contributed by atoms with Gasteiger partial charge >= 0.3 is 6.18 Å². The molecule has 2 nitrogen and oxygen atoms in total. The first-order chi connectivity index (χ1) is 8.74. The number of hydrogen-bond acceptors (Lipinski definition) is 1. The van der Waals surface area contributed by atoms with E-state index in [-0.39, 0.29) is 23.0 Å². The van der Waals surface area contributed by atoms with E-state index in [1.54, 1.807) is 0 Å². The number of benzene rings is 1. The lowest BCUT2D eigenvalue weighted by Crippen LogP contribution is -2.40. The van der Waals surface area contributed by atoms with Gasteiger partial charge in [0.25, 0.3) is 5.91 Å². The molecule has 0 aliphatic carbocycles. The smallest absolute Gasteiger partial charge is 0.328 e.